The van der Waals surface area contributed by atoms with Crippen molar-refractivity contribution in [2.45, 2.75) is 25.9 Å². The lowest BCUT2D eigenvalue weighted by Crippen LogP contribution is -2.33. The van der Waals surface area contributed by atoms with Crippen molar-refractivity contribution >= 4 is 5.91 Å². The zero-order valence-electron chi connectivity index (χ0n) is 10.2. The van der Waals surface area contributed by atoms with Crippen LogP contribution in [0.3, 0.4) is 0 Å². The summed E-state index contributed by atoms with van der Waals surface area (Å²) in [7, 11) is 0. The highest BCUT2D eigenvalue weighted by atomic mass is 16.3. The van der Waals surface area contributed by atoms with E-state index in [0.29, 0.717) is 11.5 Å². The first-order valence-electron chi connectivity index (χ1n) is 5.71. The number of aliphatic hydroxyl groups excluding tert-OH is 2. The van der Waals surface area contributed by atoms with Crippen molar-refractivity contribution in [3.05, 3.63) is 35.4 Å². The molecule has 0 bridgehead atoms. The molecule has 1 aromatic carbocycles. The van der Waals surface area contributed by atoms with Crippen LogP contribution in [0.1, 0.15) is 35.7 Å². The van der Waals surface area contributed by atoms with Gasteiger partial charge in [-0.15, -0.1) is 0 Å². The minimum Gasteiger partial charge on any atom is -0.394 e. The van der Waals surface area contributed by atoms with Crippen LogP contribution in [0.4, 0.5) is 0 Å². The Morgan fingerprint density at radius 3 is 2.35 bits per heavy atom. The summed E-state index contributed by atoms with van der Waals surface area (Å²) in [5.41, 5.74) is 1.73. The van der Waals surface area contributed by atoms with Gasteiger partial charge in [-0.2, -0.15) is 0 Å². The topological polar surface area (TPSA) is 69.6 Å². The summed E-state index contributed by atoms with van der Waals surface area (Å²) in [5, 5.41) is 20.3. The molecule has 1 unspecified atom stereocenters. The molecular formula is C13H19NO3. The Hall–Kier alpha value is -1.39. The molecule has 0 aromatic heterocycles. The summed E-state index contributed by atoms with van der Waals surface area (Å²) in [6.45, 7) is 3.88. The van der Waals surface area contributed by atoms with E-state index in [1.807, 2.05) is 12.1 Å². The molecule has 0 radical (unpaired) electrons. The highest BCUT2D eigenvalue weighted by Gasteiger charge is 2.08. The van der Waals surface area contributed by atoms with Crippen molar-refractivity contribution in [3.8, 4) is 0 Å². The normalized spacial score (nSPS) is 12.5. The van der Waals surface area contributed by atoms with Crippen LogP contribution in [0.15, 0.2) is 24.3 Å². The zero-order valence-corrected chi connectivity index (χ0v) is 10.2. The van der Waals surface area contributed by atoms with E-state index >= 15 is 0 Å². The van der Waals surface area contributed by atoms with Crippen LogP contribution in [0.2, 0.25) is 0 Å². The summed E-state index contributed by atoms with van der Waals surface area (Å²) < 4.78 is 0. The van der Waals surface area contributed by atoms with Gasteiger partial charge in [-0.25, -0.2) is 0 Å². The highest BCUT2D eigenvalue weighted by molar-refractivity contribution is 5.94. The zero-order chi connectivity index (χ0) is 12.8. The Kier molecular flexibility index (Phi) is 5.12. The molecule has 4 heteroatoms. The summed E-state index contributed by atoms with van der Waals surface area (Å²) in [4.78, 5) is 11.6. The van der Waals surface area contributed by atoms with E-state index in [4.69, 9.17) is 10.2 Å². The van der Waals surface area contributed by atoms with E-state index in [1.165, 1.54) is 5.56 Å². The van der Waals surface area contributed by atoms with E-state index < -0.39 is 6.10 Å². The predicted molar refractivity (Wildman–Crippen MR) is 66.0 cm³/mol. The van der Waals surface area contributed by atoms with Gasteiger partial charge in [0.25, 0.3) is 5.91 Å². The van der Waals surface area contributed by atoms with Gasteiger partial charge in [0.1, 0.15) is 0 Å². The third-order valence-electron chi connectivity index (χ3n) is 2.55. The lowest BCUT2D eigenvalue weighted by atomic mass is 10.0. The molecule has 94 valence electrons. The second-order valence-electron chi connectivity index (χ2n) is 4.32. The lowest BCUT2D eigenvalue weighted by Gasteiger charge is -2.10. The molecule has 1 amide bonds. The maximum atomic E-state index is 11.6. The average molecular weight is 237 g/mol. The molecule has 0 aliphatic heterocycles. The van der Waals surface area contributed by atoms with Crippen LogP contribution in [0.25, 0.3) is 0 Å². The Morgan fingerprint density at radius 1 is 1.29 bits per heavy atom. The standard InChI is InChI=1S/C13H19NO3/c1-9(2)10-3-5-11(6-4-10)13(17)14-7-12(16)8-15/h3-6,9,12,15-16H,7-8H2,1-2H3,(H,14,17). The number of carbonyl (C=O) groups excluding carboxylic acids is 1. The monoisotopic (exact) mass is 237 g/mol. The van der Waals surface area contributed by atoms with Crippen molar-refractivity contribution in [2.24, 2.45) is 0 Å². The summed E-state index contributed by atoms with van der Waals surface area (Å²) >= 11 is 0. The number of hydrogen-bond acceptors (Lipinski definition) is 3. The van der Waals surface area contributed by atoms with Crippen LogP contribution in [0, 0.1) is 0 Å². The first-order chi connectivity index (χ1) is 8.04. The molecule has 1 rings (SSSR count). The van der Waals surface area contributed by atoms with Gasteiger partial charge in [-0.1, -0.05) is 26.0 Å². The number of benzene rings is 1. The molecule has 4 nitrogen and oxygen atoms in total. The minimum atomic E-state index is -0.908. The molecule has 3 N–H and O–H groups in total. The molecule has 0 aliphatic rings. The van der Waals surface area contributed by atoms with E-state index in [1.54, 1.807) is 12.1 Å². The van der Waals surface area contributed by atoms with Gasteiger partial charge in [0.2, 0.25) is 0 Å². The Bertz CT molecular complexity index is 359. The minimum absolute atomic E-state index is 0.0568. The molecule has 0 fully saturated rings. The largest absolute Gasteiger partial charge is 0.394 e. The summed E-state index contributed by atoms with van der Waals surface area (Å²) in [6.07, 6.45) is -0.908. The number of rotatable bonds is 5. The second-order valence-corrected chi connectivity index (χ2v) is 4.32. The Morgan fingerprint density at radius 2 is 1.88 bits per heavy atom. The van der Waals surface area contributed by atoms with Gasteiger partial charge < -0.3 is 15.5 Å². The van der Waals surface area contributed by atoms with Crippen molar-refractivity contribution in [3.63, 3.8) is 0 Å². The lowest BCUT2D eigenvalue weighted by molar-refractivity contribution is 0.0802. The smallest absolute Gasteiger partial charge is 0.251 e. The number of hydrogen-bond donors (Lipinski definition) is 3. The maximum Gasteiger partial charge on any atom is 0.251 e. The quantitative estimate of drug-likeness (QED) is 0.712. The predicted octanol–water partition coefficient (Wildman–Crippen LogP) is 0.893. The Balaban J connectivity index is 2.58. The van der Waals surface area contributed by atoms with Gasteiger partial charge in [0.15, 0.2) is 0 Å². The molecule has 1 aromatic rings. The molecule has 17 heavy (non-hydrogen) atoms. The summed E-state index contributed by atoms with van der Waals surface area (Å²) in [5.74, 6) is 0.191. The van der Waals surface area contributed by atoms with E-state index in [-0.39, 0.29) is 19.1 Å². The molecule has 0 saturated heterocycles. The van der Waals surface area contributed by atoms with E-state index in [9.17, 15) is 4.79 Å². The molecule has 0 spiro atoms. The molecular weight excluding hydrogens is 218 g/mol. The maximum absolute atomic E-state index is 11.6. The van der Waals surface area contributed by atoms with Crippen molar-refractivity contribution < 1.29 is 15.0 Å². The third kappa shape index (κ3) is 4.17. The first-order valence-corrected chi connectivity index (χ1v) is 5.71. The fraction of sp³-hybridized carbons (Fsp3) is 0.462. The Labute approximate surface area is 101 Å². The van der Waals surface area contributed by atoms with Crippen LogP contribution < -0.4 is 5.32 Å². The molecule has 0 aliphatic carbocycles. The number of amides is 1. The molecule has 0 heterocycles. The number of nitrogens with one attached hydrogen (secondary N) is 1. The third-order valence-corrected chi connectivity index (χ3v) is 2.55. The van der Waals surface area contributed by atoms with Crippen molar-refractivity contribution in [1.82, 2.24) is 5.32 Å². The molecule has 1 atom stereocenters. The second kappa shape index (κ2) is 6.37. The average Bonchev–Trinajstić information content (AvgIpc) is 2.35. The SMILES string of the molecule is CC(C)c1ccc(C(=O)NCC(O)CO)cc1. The van der Waals surface area contributed by atoms with E-state index in [2.05, 4.69) is 19.2 Å². The van der Waals surface area contributed by atoms with Crippen molar-refractivity contribution in [1.29, 1.82) is 0 Å². The number of aliphatic hydroxyl groups is 2. The molecule has 0 saturated carbocycles. The van der Waals surface area contributed by atoms with Crippen LogP contribution in [-0.4, -0.2) is 35.4 Å². The summed E-state index contributed by atoms with van der Waals surface area (Å²) in [6, 6.07) is 7.36. The fourth-order valence-electron chi connectivity index (χ4n) is 1.40. The number of carbonyl (C=O) groups is 1. The van der Waals surface area contributed by atoms with Gasteiger partial charge in [0, 0.05) is 12.1 Å². The van der Waals surface area contributed by atoms with Gasteiger partial charge in [0.05, 0.1) is 12.7 Å². The van der Waals surface area contributed by atoms with Gasteiger partial charge in [-0.3, -0.25) is 4.79 Å². The van der Waals surface area contributed by atoms with Gasteiger partial charge >= 0.3 is 0 Å². The van der Waals surface area contributed by atoms with Gasteiger partial charge in [-0.05, 0) is 23.6 Å². The van der Waals surface area contributed by atoms with E-state index in [0.717, 1.165) is 0 Å². The van der Waals surface area contributed by atoms with Crippen LogP contribution >= 0.6 is 0 Å². The highest BCUT2D eigenvalue weighted by Crippen LogP contribution is 2.14. The first kappa shape index (κ1) is 13.7. The van der Waals surface area contributed by atoms with Crippen LogP contribution in [0.5, 0.6) is 0 Å². The van der Waals surface area contributed by atoms with Crippen LogP contribution in [-0.2, 0) is 0 Å². The van der Waals surface area contributed by atoms with Crippen molar-refractivity contribution in [2.75, 3.05) is 13.2 Å². The fourth-order valence-corrected chi connectivity index (χ4v) is 1.40.